The summed E-state index contributed by atoms with van der Waals surface area (Å²) in [7, 11) is 0. The molecule has 12 heavy (non-hydrogen) atoms. The van der Waals surface area contributed by atoms with E-state index in [9.17, 15) is 0 Å². The maximum absolute atomic E-state index is 5.66. The maximum atomic E-state index is 5.66. The summed E-state index contributed by atoms with van der Waals surface area (Å²) in [6.07, 6.45) is 3.21. The number of halogens is 2. The van der Waals surface area contributed by atoms with Gasteiger partial charge in [0.2, 0.25) is 5.28 Å². The van der Waals surface area contributed by atoms with Crippen molar-refractivity contribution < 1.29 is 0 Å². The highest BCUT2D eigenvalue weighted by Crippen LogP contribution is 2.14. The summed E-state index contributed by atoms with van der Waals surface area (Å²) in [5, 5.41) is 1.44. The van der Waals surface area contributed by atoms with Crippen LogP contribution in [0.4, 0.5) is 0 Å². The van der Waals surface area contributed by atoms with Gasteiger partial charge in [0.05, 0.1) is 5.52 Å². The molecule has 3 nitrogen and oxygen atoms in total. The van der Waals surface area contributed by atoms with Crippen molar-refractivity contribution >= 4 is 34.1 Å². The zero-order chi connectivity index (χ0) is 8.55. The van der Waals surface area contributed by atoms with Crippen LogP contribution in [0.15, 0.2) is 18.5 Å². The Balaban J connectivity index is 2.80. The Labute approximate surface area is 78.4 Å². The first-order valence-electron chi connectivity index (χ1n) is 3.19. The predicted octanol–water partition coefficient (Wildman–Crippen LogP) is 2.33. The van der Waals surface area contributed by atoms with Crippen molar-refractivity contribution in [2.45, 2.75) is 0 Å². The van der Waals surface area contributed by atoms with Crippen molar-refractivity contribution in [3.63, 3.8) is 0 Å². The Morgan fingerprint density at radius 2 is 1.83 bits per heavy atom. The highest BCUT2D eigenvalue weighted by atomic mass is 35.5. The van der Waals surface area contributed by atoms with Gasteiger partial charge in [0.25, 0.3) is 0 Å². The number of nitrogens with zero attached hydrogens (tertiary/aromatic N) is 3. The predicted molar refractivity (Wildman–Crippen MR) is 47.4 cm³/mol. The van der Waals surface area contributed by atoms with E-state index in [4.69, 9.17) is 23.2 Å². The molecule has 0 aliphatic rings. The zero-order valence-electron chi connectivity index (χ0n) is 5.83. The molecule has 0 radical (unpaired) electrons. The fourth-order valence-electron chi connectivity index (χ4n) is 0.878. The summed E-state index contributed by atoms with van der Waals surface area (Å²) < 4.78 is 0. The minimum atomic E-state index is 0.213. The van der Waals surface area contributed by atoms with Crippen molar-refractivity contribution in [3.8, 4) is 0 Å². The summed E-state index contributed by atoms with van der Waals surface area (Å²) in [5.41, 5.74) is 0.704. The Bertz CT molecular complexity index is 393. The fraction of sp³-hybridized carbons (Fsp3) is 0. The monoisotopic (exact) mass is 199 g/mol. The summed E-state index contributed by atoms with van der Waals surface area (Å²) >= 11 is 11.2. The van der Waals surface area contributed by atoms with E-state index < -0.39 is 0 Å². The molecule has 0 aromatic carbocycles. The van der Waals surface area contributed by atoms with Gasteiger partial charge in [-0.1, -0.05) is 11.6 Å². The van der Waals surface area contributed by atoms with Crippen LogP contribution in [0.2, 0.25) is 10.4 Å². The zero-order valence-corrected chi connectivity index (χ0v) is 7.34. The van der Waals surface area contributed by atoms with Gasteiger partial charge in [0.15, 0.2) is 0 Å². The molecule has 2 aromatic rings. The summed E-state index contributed by atoms with van der Waals surface area (Å²) in [5.74, 6) is 0. The lowest BCUT2D eigenvalue weighted by Crippen LogP contribution is -1.85. The molecule has 0 bridgehead atoms. The SMILES string of the molecule is Clc1cc2nc(Cl)ncc2cn1. The van der Waals surface area contributed by atoms with E-state index in [0.29, 0.717) is 10.7 Å². The maximum Gasteiger partial charge on any atom is 0.222 e. The molecular weight excluding hydrogens is 197 g/mol. The van der Waals surface area contributed by atoms with E-state index in [1.165, 1.54) is 0 Å². The third kappa shape index (κ3) is 1.33. The van der Waals surface area contributed by atoms with Gasteiger partial charge in [-0.2, -0.15) is 0 Å². The van der Waals surface area contributed by atoms with Crippen molar-refractivity contribution in [2.75, 3.05) is 0 Å². The lowest BCUT2D eigenvalue weighted by Gasteiger charge is -1.95. The van der Waals surface area contributed by atoms with E-state index >= 15 is 0 Å². The number of hydrogen-bond donors (Lipinski definition) is 0. The van der Waals surface area contributed by atoms with Gasteiger partial charge < -0.3 is 0 Å². The molecule has 0 unspecified atom stereocenters. The second kappa shape index (κ2) is 2.84. The van der Waals surface area contributed by atoms with Crippen molar-refractivity contribution in [1.29, 1.82) is 0 Å². The van der Waals surface area contributed by atoms with Crippen molar-refractivity contribution in [1.82, 2.24) is 15.0 Å². The van der Waals surface area contributed by atoms with Gasteiger partial charge in [-0.25, -0.2) is 15.0 Å². The lowest BCUT2D eigenvalue weighted by atomic mass is 10.3. The van der Waals surface area contributed by atoms with E-state index in [2.05, 4.69) is 15.0 Å². The van der Waals surface area contributed by atoms with Gasteiger partial charge in [-0.3, -0.25) is 0 Å². The van der Waals surface area contributed by atoms with Crippen LogP contribution in [-0.4, -0.2) is 15.0 Å². The molecule has 0 saturated heterocycles. The van der Waals surface area contributed by atoms with Crippen LogP contribution >= 0.6 is 23.2 Å². The van der Waals surface area contributed by atoms with Gasteiger partial charge in [-0.05, 0) is 11.6 Å². The van der Waals surface area contributed by atoms with E-state index in [0.717, 1.165) is 5.39 Å². The molecule has 0 N–H and O–H groups in total. The summed E-state index contributed by atoms with van der Waals surface area (Å²) in [6.45, 7) is 0. The first-order valence-corrected chi connectivity index (χ1v) is 3.95. The highest BCUT2D eigenvalue weighted by Gasteiger charge is 1.98. The first-order chi connectivity index (χ1) is 5.75. The average Bonchev–Trinajstić information content (AvgIpc) is 2.03. The molecule has 0 saturated carbocycles. The fourth-order valence-corrected chi connectivity index (χ4v) is 1.17. The molecule has 0 aliphatic heterocycles. The van der Waals surface area contributed by atoms with Crippen LogP contribution in [0.3, 0.4) is 0 Å². The van der Waals surface area contributed by atoms with Crippen LogP contribution in [0.5, 0.6) is 0 Å². The third-order valence-electron chi connectivity index (χ3n) is 1.40. The van der Waals surface area contributed by atoms with Gasteiger partial charge in [0, 0.05) is 23.8 Å². The second-order valence-corrected chi connectivity index (χ2v) is 2.93. The Hall–Kier alpha value is -0.930. The number of fused-ring (bicyclic) bond motifs is 1. The molecule has 0 amide bonds. The highest BCUT2D eigenvalue weighted by molar-refractivity contribution is 6.30. The van der Waals surface area contributed by atoms with Crippen LogP contribution < -0.4 is 0 Å². The quantitative estimate of drug-likeness (QED) is 0.483. The molecule has 2 heterocycles. The van der Waals surface area contributed by atoms with Gasteiger partial charge >= 0.3 is 0 Å². The topological polar surface area (TPSA) is 38.7 Å². The molecule has 0 atom stereocenters. The molecule has 2 aromatic heterocycles. The first kappa shape index (κ1) is 7.71. The Morgan fingerprint density at radius 1 is 1.08 bits per heavy atom. The van der Waals surface area contributed by atoms with E-state index in [1.54, 1.807) is 18.5 Å². The number of hydrogen-bond acceptors (Lipinski definition) is 3. The Morgan fingerprint density at radius 3 is 2.67 bits per heavy atom. The normalized spacial score (nSPS) is 10.5. The standard InChI is InChI=1S/C7H3Cl2N3/c8-6-1-5-4(2-10-6)3-11-7(9)12-5/h1-3H. The van der Waals surface area contributed by atoms with Crippen molar-refractivity contribution in [2.24, 2.45) is 0 Å². The molecule has 0 spiro atoms. The van der Waals surface area contributed by atoms with Gasteiger partial charge in [0.1, 0.15) is 5.15 Å². The second-order valence-electron chi connectivity index (χ2n) is 2.20. The van der Waals surface area contributed by atoms with Crippen LogP contribution in [-0.2, 0) is 0 Å². The molecular formula is C7H3Cl2N3. The summed E-state index contributed by atoms with van der Waals surface area (Å²) in [6, 6.07) is 1.64. The van der Waals surface area contributed by atoms with E-state index in [1.807, 2.05) is 0 Å². The Kier molecular flexibility index (Phi) is 1.83. The summed E-state index contributed by atoms with van der Waals surface area (Å²) in [4.78, 5) is 11.7. The third-order valence-corrected chi connectivity index (χ3v) is 1.79. The number of pyridine rings is 1. The molecule has 0 fully saturated rings. The largest absolute Gasteiger partial charge is 0.244 e. The van der Waals surface area contributed by atoms with Crippen LogP contribution in [0.1, 0.15) is 0 Å². The van der Waals surface area contributed by atoms with Crippen molar-refractivity contribution in [3.05, 3.63) is 28.9 Å². The van der Waals surface area contributed by atoms with E-state index in [-0.39, 0.29) is 5.28 Å². The van der Waals surface area contributed by atoms with Gasteiger partial charge in [-0.15, -0.1) is 0 Å². The lowest BCUT2D eigenvalue weighted by molar-refractivity contribution is 1.21. The molecule has 60 valence electrons. The average molecular weight is 200 g/mol. The minimum absolute atomic E-state index is 0.213. The van der Waals surface area contributed by atoms with Crippen LogP contribution in [0.25, 0.3) is 10.9 Å². The number of aromatic nitrogens is 3. The smallest absolute Gasteiger partial charge is 0.222 e. The molecule has 0 aliphatic carbocycles. The van der Waals surface area contributed by atoms with Crippen LogP contribution in [0, 0.1) is 0 Å². The minimum Gasteiger partial charge on any atom is -0.244 e. The molecule has 2 rings (SSSR count). The number of rotatable bonds is 0. The molecule has 5 heteroatoms.